The van der Waals surface area contributed by atoms with E-state index in [1.165, 1.54) is 6.42 Å². The van der Waals surface area contributed by atoms with Gasteiger partial charge < -0.3 is 20.6 Å². The molecule has 25 heavy (non-hydrogen) atoms. The van der Waals surface area contributed by atoms with Gasteiger partial charge in [0.05, 0.1) is 0 Å². The summed E-state index contributed by atoms with van der Waals surface area (Å²) in [6.45, 7) is 14.9. The van der Waals surface area contributed by atoms with Crippen LogP contribution in [0.4, 0.5) is 0 Å². The molecule has 0 unspecified atom stereocenters. The SMILES string of the molecule is CCNC(=NCC(CC)(CC)CCO)NCCCCN(C)C(C)C.I. The minimum absolute atomic E-state index is 0. The van der Waals surface area contributed by atoms with Crippen molar-refractivity contribution in [1.82, 2.24) is 15.5 Å². The number of hydrogen-bond donors (Lipinski definition) is 3. The summed E-state index contributed by atoms with van der Waals surface area (Å²) in [4.78, 5) is 7.16. The maximum absolute atomic E-state index is 9.33. The Hall–Kier alpha value is -0.0800. The van der Waals surface area contributed by atoms with Crippen molar-refractivity contribution >= 4 is 29.9 Å². The molecule has 0 fully saturated rings. The van der Waals surface area contributed by atoms with Gasteiger partial charge >= 0.3 is 0 Å². The Labute approximate surface area is 173 Å². The van der Waals surface area contributed by atoms with Crippen LogP contribution < -0.4 is 10.6 Å². The van der Waals surface area contributed by atoms with Crippen molar-refractivity contribution in [1.29, 1.82) is 0 Å². The van der Waals surface area contributed by atoms with Gasteiger partial charge in [-0.15, -0.1) is 24.0 Å². The molecule has 6 heteroatoms. The monoisotopic (exact) mass is 470 g/mol. The van der Waals surface area contributed by atoms with E-state index in [1.54, 1.807) is 0 Å². The fourth-order valence-electron chi connectivity index (χ4n) is 2.68. The van der Waals surface area contributed by atoms with Gasteiger partial charge in [0.1, 0.15) is 0 Å². The van der Waals surface area contributed by atoms with E-state index < -0.39 is 0 Å². The second-order valence-corrected chi connectivity index (χ2v) is 7.08. The number of nitrogens with one attached hydrogen (secondary N) is 2. The molecule has 0 bridgehead atoms. The summed E-state index contributed by atoms with van der Waals surface area (Å²) in [5.41, 5.74) is 0.122. The molecule has 0 aromatic heterocycles. The lowest BCUT2D eigenvalue weighted by Gasteiger charge is -2.29. The lowest BCUT2D eigenvalue weighted by Crippen LogP contribution is -2.39. The maximum atomic E-state index is 9.33. The summed E-state index contributed by atoms with van der Waals surface area (Å²) >= 11 is 0. The summed E-state index contributed by atoms with van der Waals surface area (Å²) < 4.78 is 0. The third-order valence-corrected chi connectivity index (χ3v) is 5.17. The smallest absolute Gasteiger partial charge is 0.191 e. The van der Waals surface area contributed by atoms with Crippen molar-refractivity contribution in [3.8, 4) is 0 Å². The molecule has 0 rings (SSSR count). The molecule has 0 radical (unpaired) electrons. The van der Waals surface area contributed by atoms with Gasteiger partial charge in [-0.2, -0.15) is 0 Å². The van der Waals surface area contributed by atoms with Crippen molar-refractivity contribution in [2.24, 2.45) is 10.4 Å². The predicted octanol–water partition coefficient (Wildman–Crippen LogP) is 3.47. The number of rotatable bonds is 13. The fraction of sp³-hybridized carbons (Fsp3) is 0.947. The topological polar surface area (TPSA) is 59.9 Å². The molecule has 0 aromatic rings. The Morgan fingerprint density at radius 2 is 1.76 bits per heavy atom. The zero-order chi connectivity index (χ0) is 18.4. The first kappa shape index (κ1) is 27.1. The van der Waals surface area contributed by atoms with E-state index in [-0.39, 0.29) is 36.0 Å². The number of hydrogen-bond acceptors (Lipinski definition) is 3. The van der Waals surface area contributed by atoms with Crippen LogP contribution in [0.15, 0.2) is 4.99 Å². The number of unbranched alkanes of at least 4 members (excludes halogenated alkanes) is 1. The van der Waals surface area contributed by atoms with Gasteiger partial charge in [0, 0.05) is 32.3 Å². The van der Waals surface area contributed by atoms with Crippen LogP contribution in [0.1, 0.15) is 66.7 Å². The Bertz CT molecular complexity index is 333. The number of aliphatic hydroxyl groups excluding tert-OH is 1. The van der Waals surface area contributed by atoms with Crippen LogP contribution in [0.3, 0.4) is 0 Å². The Morgan fingerprint density at radius 3 is 2.24 bits per heavy atom. The summed E-state index contributed by atoms with van der Waals surface area (Å²) in [6, 6.07) is 0.611. The highest BCUT2D eigenvalue weighted by Crippen LogP contribution is 2.30. The summed E-state index contributed by atoms with van der Waals surface area (Å²) in [6.07, 6.45) is 5.26. The molecule has 0 saturated carbocycles. The Morgan fingerprint density at radius 1 is 1.12 bits per heavy atom. The number of halogens is 1. The van der Waals surface area contributed by atoms with Gasteiger partial charge in [0.25, 0.3) is 0 Å². The normalized spacial score (nSPS) is 12.4. The Balaban J connectivity index is 0. The van der Waals surface area contributed by atoms with Crippen molar-refractivity contribution in [3.05, 3.63) is 0 Å². The van der Waals surface area contributed by atoms with E-state index in [1.807, 2.05) is 0 Å². The van der Waals surface area contributed by atoms with E-state index in [4.69, 9.17) is 4.99 Å². The van der Waals surface area contributed by atoms with Crippen LogP contribution in [0.25, 0.3) is 0 Å². The fourth-order valence-corrected chi connectivity index (χ4v) is 2.68. The van der Waals surface area contributed by atoms with E-state index >= 15 is 0 Å². The standard InChI is InChI=1S/C19H42N4O.HI/c1-7-19(8-2,12-15-24)16-22-18(20-9-3)21-13-10-11-14-23(6)17(4)5;/h17,24H,7-16H2,1-6H3,(H2,20,21,22);1H. The highest BCUT2D eigenvalue weighted by molar-refractivity contribution is 14.0. The van der Waals surface area contributed by atoms with Crippen LogP contribution in [-0.2, 0) is 0 Å². The minimum atomic E-state index is 0. The van der Waals surface area contributed by atoms with Gasteiger partial charge in [-0.25, -0.2) is 0 Å². The molecule has 5 nitrogen and oxygen atoms in total. The van der Waals surface area contributed by atoms with Crippen molar-refractivity contribution < 1.29 is 5.11 Å². The molecule has 0 aliphatic heterocycles. The van der Waals surface area contributed by atoms with Gasteiger partial charge in [-0.05, 0) is 71.9 Å². The van der Waals surface area contributed by atoms with Crippen LogP contribution in [-0.4, -0.2) is 61.8 Å². The third kappa shape index (κ3) is 12.0. The number of aliphatic hydroxyl groups is 1. The molecule has 0 atom stereocenters. The number of aliphatic imine (C=N–C) groups is 1. The molecule has 0 aliphatic rings. The first-order chi connectivity index (χ1) is 11.4. The van der Waals surface area contributed by atoms with Gasteiger partial charge in [-0.1, -0.05) is 13.8 Å². The molecule has 3 N–H and O–H groups in total. The molecule has 0 aliphatic carbocycles. The van der Waals surface area contributed by atoms with E-state index in [2.05, 4.69) is 57.2 Å². The average Bonchev–Trinajstić information content (AvgIpc) is 2.57. The molecule has 152 valence electrons. The first-order valence-corrected chi connectivity index (χ1v) is 9.78. The molecule has 0 amide bonds. The largest absolute Gasteiger partial charge is 0.396 e. The second kappa shape index (κ2) is 16.1. The van der Waals surface area contributed by atoms with Gasteiger partial charge in [0.15, 0.2) is 5.96 Å². The quantitative estimate of drug-likeness (QED) is 0.167. The van der Waals surface area contributed by atoms with Crippen LogP contribution in [0, 0.1) is 5.41 Å². The van der Waals surface area contributed by atoms with Crippen molar-refractivity contribution in [2.45, 2.75) is 72.8 Å². The zero-order valence-electron chi connectivity index (χ0n) is 17.4. The summed E-state index contributed by atoms with van der Waals surface area (Å²) in [5.74, 6) is 0.902. The van der Waals surface area contributed by atoms with E-state index in [9.17, 15) is 5.11 Å². The Kier molecular flexibility index (Phi) is 17.5. The highest BCUT2D eigenvalue weighted by Gasteiger charge is 2.25. The van der Waals surface area contributed by atoms with Crippen molar-refractivity contribution in [2.75, 3.05) is 39.8 Å². The van der Waals surface area contributed by atoms with E-state index in [0.717, 1.165) is 57.8 Å². The molecular weight excluding hydrogens is 427 g/mol. The number of guanidine groups is 1. The molecule has 0 saturated heterocycles. The predicted molar refractivity (Wildman–Crippen MR) is 121 cm³/mol. The van der Waals surface area contributed by atoms with Crippen LogP contribution in [0.5, 0.6) is 0 Å². The molecule has 0 aromatic carbocycles. The first-order valence-electron chi connectivity index (χ1n) is 9.78. The van der Waals surface area contributed by atoms with Crippen molar-refractivity contribution in [3.63, 3.8) is 0 Å². The third-order valence-electron chi connectivity index (χ3n) is 5.17. The van der Waals surface area contributed by atoms with Gasteiger partial charge in [0.2, 0.25) is 0 Å². The molecular formula is C19H43IN4O. The number of nitrogens with zero attached hydrogens (tertiary/aromatic N) is 2. The maximum Gasteiger partial charge on any atom is 0.191 e. The lowest BCUT2D eigenvalue weighted by atomic mass is 9.79. The minimum Gasteiger partial charge on any atom is -0.396 e. The molecule has 0 heterocycles. The van der Waals surface area contributed by atoms with E-state index in [0.29, 0.717) is 6.04 Å². The summed E-state index contributed by atoms with van der Waals surface area (Å²) in [5, 5.41) is 16.1. The highest BCUT2D eigenvalue weighted by atomic mass is 127. The average molecular weight is 470 g/mol. The zero-order valence-corrected chi connectivity index (χ0v) is 19.7. The lowest BCUT2D eigenvalue weighted by molar-refractivity contribution is 0.175. The summed E-state index contributed by atoms with van der Waals surface area (Å²) in [7, 11) is 2.18. The van der Waals surface area contributed by atoms with Crippen LogP contribution in [0.2, 0.25) is 0 Å². The van der Waals surface area contributed by atoms with Crippen LogP contribution >= 0.6 is 24.0 Å². The molecule has 0 spiro atoms. The second-order valence-electron chi connectivity index (χ2n) is 7.08. The van der Waals surface area contributed by atoms with Gasteiger partial charge in [-0.3, -0.25) is 4.99 Å².